The maximum Gasteiger partial charge on any atom is 0.287 e. The monoisotopic (exact) mass is 238 g/mol. The minimum atomic E-state index is -1.14. The Labute approximate surface area is 96.3 Å². The lowest BCUT2D eigenvalue weighted by Gasteiger charge is -1.93. The van der Waals surface area contributed by atoms with E-state index in [1.807, 2.05) is 0 Å². The van der Waals surface area contributed by atoms with Crippen LogP contribution in [0.2, 0.25) is 0 Å². The summed E-state index contributed by atoms with van der Waals surface area (Å²) in [6, 6.07) is 5.22. The zero-order valence-electron chi connectivity index (χ0n) is 9.10. The van der Waals surface area contributed by atoms with Gasteiger partial charge in [-0.05, 0) is 18.6 Å². The van der Waals surface area contributed by atoms with Crippen molar-refractivity contribution >= 4 is 27.6 Å². The number of rotatable bonds is 4. The van der Waals surface area contributed by atoms with E-state index >= 15 is 0 Å². The van der Waals surface area contributed by atoms with Gasteiger partial charge in [-0.3, -0.25) is 0 Å². The molecule has 0 aliphatic heterocycles. The number of hydrogen-bond acceptors (Lipinski definition) is 4. The first kappa shape index (κ1) is 11.1. The summed E-state index contributed by atoms with van der Waals surface area (Å²) in [6.07, 6.45) is 1.92. The topological polar surface area (TPSA) is 69.1 Å². The van der Waals surface area contributed by atoms with Crippen molar-refractivity contribution < 1.29 is 8.63 Å². The van der Waals surface area contributed by atoms with E-state index in [1.165, 1.54) is 0 Å². The number of nitrogens with two attached hydrogens (primary N) is 1. The van der Waals surface area contributed by atoms with Crippen molar-refractivity contribution in [2.45, 2.75) is 25.0 Å². The van der Waals surface area contributed by atoms with Crippen LogP contribution in [0.25, 0.3) is 11.1 Å². The summed E-state index contributed by atoms with van der Waals surface area (Å²) in [6.45, 7) is 2.06. The van der Waals surface area contributed by atoms with Gasteiger partial charge < -0.3 is 10.2 Å². The van der Waals surface area contributed by atoms with Crippen LogP contribution in [0.3, 0.4) is 0 Å². The minimum Gasteiger partial charge on any atom is -0.430 e. The molecule has 0 bridgehead atoms. The molecule has 1 aromatic carbocycles. The number of aromatic nitrogens is 1. The maximum absolute atomic E-state index is 11.8. The SMILES string of the molecule is CCCCS(=O)c1nc2ccc(N)cc2o1. The molecule has 0 fully saturated rings. The van der Waals surface area contributed by atoms with Crippen molar-refractivity contribution in [1.29, 1.82) is 0 Å². The number of benzene rings is 1. The smallest absolute Gasteiger partial charge is 0.287 e. The lowest BCUT2D eigenvalue weighted by Crippen LogP contribution is -1.97. The first-order valence-electron chi connectivity index (χ1n) is 5.25. The zero-order chi connectivity index (χ0) is 11.5. The fraction of sp³-hybridized carbons (Fsp3) is 0.364. The van der Waals surface area contributed by atoms with Crippen LogP contribution in [0.5, 0.6) is 0 Å². The van der Waals surface area contributed by atoms with E-state index in [-0.39, 0.29) is 0 Å². The number of unbranched alkanes of at least 4 members (excludes halogenated alkanes) is 1. The van der Waals surface area contributed by atoms with E-state index in [4.69, 9.17) is 10.2 Å². The highest BCUT2D eigenvalue weighted by Crippen LogP contribution is 2.20. The lowest BCUT2D eigenvalue weighted by molar-refractivity contribution is 0.477. The van der Waals surface area contributed by atoms with Gasteiger partial charge in [0.25, 0.3) is 5.22 Å². The molecule has 1 heterocycles. The molecule has 4 nitrogen and oxygen atoms in total. The predicted molar refractivity (Wildman–Crippen MR) is 64.6 cm³/mol. The Balaban J connectivity index is 2.28. The van der Waals surface area contributed by atoms with Crippen LogP contribution < -0.4 is 5.73 Å². The summed E-state index contributed by atoms with van der Waals surface area (Å²) >= 11 is 0. The van der Waals surface area contributed by atoms with Gasteiger partial charge in [0.2, 0.25) is 0 Å². The number of fused-ring (bicyclic) bond motifs is 1. The van der Waals surface area contributed by atoms with E-state index in [2.05, 4.69) is 11.9 Å². The summed E-state index contributed by atoms with van der Waals surface area (Å²) in [5.74, 6) is 0.596. The van der Waals surface area contributed by atoms with Crippen molar-refractivity contribution in [2.24, 2.45) is 0 Å². The molecular weight excluding hydrogens is 224 g/mol. The number of oxazole rings is 1. The van der Waals surface area contributed by atoms with Crippen LogP contribution >= 0.6 is 0 Å². The highest BCUT2D eigenvalue weighted by Gasteiger charge is 2.12. The molecule has 0 amide bonds. The number of nitrogen functional groups attached to an aromatic ring is 1. The molecule has 16 heavy (non-hydrogen) atoms. The van der Waals surface area contributed by atoms with Crippen LogP contribution in [-0.4, -0.2) is 14.9 Å². The van der Waals surface area contributed by atoms with E-state index in [0.717, 1.165) is 12.8 Å². The first-order valence-corrected chi connectivity index (χ1v) is 6.57. The Morgan fingerprint density at radius 2 is 2.31 bits per heavy atom. The van der Waals surface area contributed by atoms with Gasteiger partial charge in [0.15, 0.2) is 5.58 Å². The quantitative estimate of drug-likeness (QED) is 0.830. The minimum absolute atomic E-state index is 0.300. The van der Waals surface area contributed by atoms with Crippen molar-refractivity contribution in [3.05, 3.63) is 18.2 Å². The maximum atomic E-state index is 11.8. The summed E-state index contributed by atoms with van der Waals surface area (Å²) in [4.78, 5) is 4.18. The Hall–Kier alpha value is -1.36. The van der Waals surface area contributed by atoms with Gasteiger partial charge >= 0.3 is 0 Å². The molecule has 1 unspecified atom stereocenters. The molecule has 2 N–H and O–H groups in total. The molecule has 5 heteroatoms. The van der Waals surface area contributed by atoms with Crippen LogP contribution in [0.15, 0.2) is 27.8 Å². The molecule has 86 valence electrons. The van der Waals surface area contributed by atoms with Crippen molar-refractivity contribution in [3.63, 3.8) is 0 Å². The fourth-order valence-electron chi connectivity index (χ4n) is 1.38. The molecule has 0 saturated carbocycles. The van der Waals surface area contributed by atoms with E-state index < -0.39 is 10.8 Å². The Morgan fingerprint density at radius 3 is 3.06 bits per heavy atom. The normalized spacial score (nSPS) is 13.1. The van der Waals surface area contributed by atoms with Crippen molar-refractivity contribution in [3.8, 4) is 0 Å². The van der Waals surface area contributed by atoms with Gasteiger partial charge in [-0.2, -0.15) is 0 Å². The van der Waals surface area contributed by atoms with Gasteiger partial charge in [0.1, 0.15) is 16.3 Å². The number of nitrogens with zero attached hydrogens (tertiary/aromatic N) is 1. The molecule has 0 saturated heterocycles. The third kappa shape index (κ3) is 2.24. The van der Waals surface area contributed by atoms with E-state index in [9.17, 15) is 4.21 Å². The molecule has 0 radical (unpaired) electrons. The molecular formula is C11H14N2O2S. The third-order valence-corrected chi connectivity index (χ3v) is 3.49. The van der Waals surface area contributed by atoms with Crippen LogP contribution in [0.1, 0.15) is 19.8 Å². The summed E-state index contributed by atoms with van der Waals surface area (Å²) < 4.78 is 17.2. The van der Waals surface area contributed by atoms with E-state index in [1.54, 1.807) is 18.2 Å². The fourth-order valence-corrected chi connectivity index (χ4v) is 2.49. The number of anilines is 1. The Bertz CT molecular complexity index is 522. The molecule has 0 aliphatic carbocycles. The predicted octanol–water partition coefficient (Wildman–Crippen LogP) is 2.32. The van der Waals surface area contributed by atoms with Crippen molar-refractivity contribution in [1.82, 2.24) is 4.98 Å². The van der Waals surface area contributed by atoms with Gasteiger partial charge in [-0.15, -0.1) is 0 Å². The largest absolute Gasteiger partial charge is 0.430 e. The summed E-state index contributed by atoms with van der Waals surface area (Å²) in [7, 11) is -1.14. The second-order valence-corrected chi connectivity index (χ2v) is 5.06. The summed E-state index contributed by atoms with van der Waals surface area (Å²) in [5.41, 5.74) is 7.55. The molecule has 2 aromatic rings. The Morgan fingerprint density at radius 1 is 1.50 bits per heavy atom. The molecule has 0 spiro atoms. The third-order valence-electron chi connectivity index (χ3n) is 2.27. The standard InChI is InChI=1S/C11H14N2O2S/c1-2-3-6-16(14)11-13-9-5-4-8(12)7-10(9)15-11/h4-5,7H,2-3,6,12H2,1H3. The van der Waals surface area contributed by atoms with Gasteiger partial charge in [-0.25, -0.2) is 9.19 Å². The average Bonchev–Trinajstić information content (AvgIpc) is 2.68. The molecule has 0 aliphatic rings. The molecule has 1 aromatic heterocycles. The molecule has 2 rings (SSSR count). The van der Waals surface area contributed by atoms with Crippen molar-refractivity contribution in [2.75, 3.05) is 11.5 Å². The van der Waals surface area contributed by atoms with Crippen LogP contribution in [-0.2, 0) is 10.8 Å². The van der Waals surface area contributed by atoms with Gasteiger partial charge in [0.05, 0.1) is 0 Å². The van der Waals surface area contributed by atoms with Gasteiger partial charge in [0, 0.05) is 17.5 Å². The second-order valence-electron chi connectivity index (χ2n) is 3.61. The van der Waals surface area contributed by atoms with Crippen LogP contribution in [0.4, 0.5) is 5.69 Å². The molecule has 1 atom stereocenters. The first-order chi connectivity index (χ1) is 7.70. The summed E-state index contributed by atoms with van der Waals surface area (Å²) in [5, 5.41) is 0.300. The zero-order valence-corrected chi connectivity index (χ0v) is 9.92. The van der Waals surface area contributed by atoms with E-state index in [0.29, 0.717) is 27.8 Å². The number of hydrogen-bond donors (Lipinski definition) is 1. The van der Waals surface area contributed by atoms with Gasteiger partial charge in [-0.1, -0.05) is 13.3 Å². The average molecular weight is 238 g/mol. The lowest BCUT2D eigenvalue weighted by atomic mass is 10.3. The highest BCUT2D eigenvalue weighted by atomic mass is 32.2. The highest BCUT2D eigenvalue weighted by molar-refractivity contribution is 7.84. The Kier molecular flexibility index (Phi) is 3.24. The van der Waals surface area contributed by atoms with Crippen LogP contribution in [0, 0.1) is 0 Å². The second kappa shape index (κ2) is 4.65.